The van der Waals surface area contributed by atoms with Crippen molar-refractivity contribution in [1.82, 2.24) is 5.16 Å². The van der Waals surface area contributed by atoms with Crippen LogP contribution >= 0.6 is 11.6 Å². The fraction of sp³-hybridized carbons (Fsp3) is 0.231. The van der Waals surface area contributed by atoms with Crippen LogP contribution in [-0.2, 0) is 15.6 Å². The number of aromatic nitrogens is 1. The number of aryl methyl sites for hydroxylation is 1. The molecule has 0 unspecified atom stereocenters. The Kier molecular flexibility index (Phi) is 4.06. The van der Waals surface area contributed by atoms with Gasteiger partial charge in [0, 0.05) is 11.1 Å². The molecule has 0 atom stereocenters. The van der Waals surface area contributed by atoms with E-state index in [0.29, 0.717) is 5.69 Å². The third kappa shape index (κ3) is 3.25. The van der Waals surface area contributed by atoms with Crippen molar-refractivity contribution in [2.24, 2.45) is 0 Å². The number of carbonyl (C=O) groups is 1. The summed E-state index contributed by atoms with van der Waals surface area (Å²) < 4.78 is 29.7. The molecule has 0 bridgehead atoms. The lowest BCUT2D eigenvalue weighted by Gasteiger charge is -2.10. The molecule has 0 saturated heterocycles. The predicted molar refractivity (Wildman–Crippen MR) is 75.3 cm³/mol. The average Bonchev–Trinajstić information content (AvgIpc) is 2.76. The average molecular weight is 330 g/mol. The normalized spacial score (nSPS) is 11.6. The van der Waals surface area contributed by atoms with E-state index in [2.05, 4.69) is 5.16 Å². The van der Waals surface area contributed by atoms with E-state index >= 15 is 0 Å². The van der Waals surface area contributed by atoms with Gasteiger partial charge < -0.3 is 9.63 Å². The SMILES string of the molecule is Cc1cc(CS(=O)(=O)c2cc(Cl)cc(C(=O)O)c2C)on1. The zero-order chi connectivity index (χ0) is 15.8. The lowest BCUT2D eigenvalue weighted by molar-refractivity contribution is 0.0696. The maximum atomic E-state index is 12.4. The van der Waals surface area contributed by atoms with Crippen LogP contribution < -0.4 is 0 Å². The Labute approximate surface area is 126 Å². The number of benzene rings is 1. The number of sulfone groups is 1. The third-order valence-electron chi connectivity index (χ3n) is 2.90. The molecule has 112 valence electrons. The van der Waals surface area contributed by atoms with Crippen LogP contribution in [0.3, 0.4) is 0 Å². The number of halogens is 1. The van der Waals surface area contributed by atoms with Gasteiger partial charge in [0.15, 0.2) is 15.6 Å². The third-order valence-corrected chi connectivity index (χ3v) is 4.88. The molecule has 0 fully saturated rings. The van der Waals surface area contributed by atoms with Gasteiger partial charge in [-0.3, -0.25) is 0 Å². The molecule has 1 aromatic heterocycles. The van der Waals surface area contributed by atoms with Crippen molar-refractivity contribution in [3.05, 3.63) is 45.8 Å². The van der Waals surface area contributed by atoms with Crippen molar-refractivity contribution in [3.63, 3.8) is 0 Å². The first kappa shape index (κ1) is 15.5. The molecular weight excluding hydrogens is 318 g/mol. The summed E-state index contributed by atoms with van der Waals surface area (Å²) in [5.74, 6) is -1.46. The predicted octanol–water partition coefficient (Wildman–Crippen LogP) is 2.62. The minimum absolute atomic E-state index is 0.0466. The van der Waals surface area contributed by atoms with Crippen LogP contribution in [0.4, 0.5) is 0 Å². The summed E-state index contributed by atoms with van der Waals surface area (Å²) in [6, 6.07) is 3.97. The van der Waals surface area contributed by atoms with Gasteiger partial charge >= 0.3 is 5.97 Å². The first-order valence-corrected chi connectivity index (χ1v) is 7.92. The Morgan fingerprint density at radius 3 is 2.52 bits per heavy atom. The van der Waals surface area contributed by atoms with E-state index in [1.807, 2.05) is 0 Å². The molecule has 8 heteroatoms. The molecule has 0 amide bonds. The number of rotatable bonds is 4. The second-order valence-corrected chi connectivity index (χ2v) is 6.97. The monoisotopic (exact) mass is 329 g/mol. The molecule has 0 saturated carbocycles. The van der Waals surface area contributed by atoms with Gasteiger partial charge in [0.05, 0.1) is 16.2 Å². The van der Waals surface area contributed by atoms with Crippen LogP contribution in [0.5, 0.6) is 0 Å². The Bertz CT molecular complexity index is 810. The van der Waals surface area contributed by atoms with Crippen molar-refractivity contribution in [2.75, 3.05) is 0 Å². The highest BCUT2D eigenvalue weighted by Gasteiger charge is 2.24. The molecule has 0 aliphatic heterocycles. The molecule has 0 aliphatic rings. The lowest BCUT2D eigenvalue weighted by Crippen LogP contribution is -2.10. The van der Waals surface area contributed by atoms with Crippen molar-refractivity contribution >= 4 is 27.4 Å². The number of nitrogens with zero attached hydrogens (tertiary/aromatic N) is 1. The van der Waals surface area contributed by atoms with Crippen LogP contribution in [0.25, 0.3) is 0 Å². The standard InChI is InChI=1S/C13H12ClNO5S/c1-7-3-10(20-15-7)6-21(18,19)12-5-9(14)4-11(8(12)2)13(16)17/h3-5H,6H2,1-2H3,(H,16,17). The molecule has 0 radical (unpaired) electrons. The first-order chi connectivity index (χ1) is 9.70. The maximum Gasteiger partial charge on any atom is 0.336 e. The van der Waals surface area contributed by atoms with Crippen molar-refractivity contribution in [3.8, 4) is 0 Å². The minimum Gasteiger partial charge on any atom is -0.478 e. The number of carboxylic acid groups (broad SMARTS) is 1. The quantitative estimate of drug-likeness (QED) is 0.926. The Balaban J connectivity index is 2.52. The molecule has 1 N–H and O–H groups in total. The van der Waals surface area contributed by atoms with Gasteiger partial charge in [0.2, 0.25) is 0 Å². The second kappa shape index (κ2) is 5.50. The van der Waals surface area contributed by atoms with Gasteiger partial charge in [-0.2, -0.15) is 0 Å². The Hall–Kier alpha value is -1.86. The number of aromatic carboxylic acids is 1. The van der Waals surface area contributed by atoms with E-state index in [-0.39, 0.29) is 26.8 Å². The van der Waals surface area contributed by atoms with Gasteiger partial charge in [-0.15, -0.1) is 0 Å². The van der Waals surface area contributed by atoms with Crippen LogP contribution in [0.2, 0.25) is 5.02 Å². The Morgan fingerprint density at radius 2 is 2.00 bits per heavy atom. The summed E-state index contributed by atoms with van der Waals surface area (Å²) in [5.41, 5.74) is 0.562. The molecule has 2 rings (SSSR count). The summed E-state index contributed by atoms with van der Waals surface area (Å²) in [7, 11) is -3.79. The fourth-order valence-corrected chi connectivity index (χ4v) is 3.78. The van der Waals surface area contributed by atoms with Gasteiger partial charge in [-0.1, -0.05) is 16.8 Å². The molecule has 0 aliphatic carbocycles. The summed E-state index contributed by atoms with van der Waals surface area (Å²) in [6.45, 7) is 3.10. The van der Waals surface area contributed by atoms with Crippen LogP contribution in [0, 0.1) is 13.8 Å². The number of hydrogen-bond donors (Lipinski definition) is 1. The number of carboxylic acids is 1. The zero-order valence-electron chi connectivity index (χ0n) is 11.3. The van der Waals surface area contributed by atoms with E-state index in [0.717, 1.165) is 0 Å². The Morgan fingerprint density at radius 1 is 1.33 bits per heavy atom. The lowest BCUT2D eigenvalue weighted by atomic mass is 10.1. The van der Waals surface area contributed by atoms with Gasteiger partial charge in [-0.05, 0) is 31.5 Å². The maximum absolute atomic E-state index is 12.4. The second-order valence-electron chi connectivity index (χ2n) is 4.58. The topological polar surface area (TPSA) is 97.5 Å². The summed E-state index contributed by atoms with van der Waals surface area (Å²) in [5, 5.41) is 12.8. The zero-order valence-corrected chi connectivity index (χ0v) is 12.8. The molecule has 6 nitrogen and oxygen atoms in total. The smallest absolute Gasteiger partial charge is 0.336 e. The van der Waals surface area contributed by atoms with Crippen LogP contribution in [0.15, 0.2) is 27.6 Å². The van der Waals surface area contributed by atoms with Gasteiger partial charge in [-0.25, -0.2) is 13.2 Å². The first-order valence-electron chi connectivity index (χ1n) is 5.89. The summed E-state index contributed by atoms with van der Waals surface area (Å²) >= 11 is 5.82. The van der Waals surface area contributed by atoms with Gasteiger partial charge in [0.1, 0.15) is 5.75 Å². The number of hydrogen-bond acceptors (Lipinski definition) is 5. The highest BCUT2D eigenvalue weighted by atomic mass is 35.5. The van der Waals surface area contributed by atoms with E-state index in [1.54, 1.807) is 6.92 Å². The van der Waals surface area contributed by atoms with Crippen molar-refractivity contribution in [2.45, 2.75) is 24.5 Å². The van der Waals surface area contributed by atoms with Crippen LogP contribution in [0.1, 0.15) is 27.4 Å². The summed E-state index contributed by atoms with van der Waals surface area (Å²) in [4.78, 5) is 11.0. The van der Waals surface area contributed by atoms with Gasteiger partial charge in [0.25, 0.3) is 0 Å². The molecular formula is C13H12ClNO5S. The highest BCUT2D eigenvalue weighted by molar-refractivity contribution is 7.90. The molecule has 21 heavy (non-hydrogen) atoms. The fourth-order valence-electron chi connectivity index (χ4n) is 1.95. The van der Waals surface area contributed by atoms with E-state index < -0.39 is 21.6 Å². The van der Waals surface area contributed by atoms with E-state index in [1.165, 1.54) is 25.1 Å². The summed E-state index contributed by atoms with van der Waals surface area (Å²) in [6.07, 6.45) is 0. The van der Waals surface area contributed by atoms with E-state index in [9.17, 15) is 13.2 Å². The molecule has 1 aromatic carbocycles. The molecule has 1 heterocycles. The largest absolute Gasteiger partial charge is 0.478 e. The minimum atomic E-state index is -3.79. The molecule has 0 spiro atoms. The van der Waals surface area contributed by atoms with Crippen LogP contribution in [-0.4, -0.2) is 24.7 Å². The highest BCUT2D eigenvalue weighted by Crippen LogP contribution is 2.27. The molecule has 2 aromatic rings. The van der Waals surface area contributed by atoms with Crippen molar-refractivity contribution < 1.29 is 22.8 Å². The van der Waals surface area contributed by atoms with Crippen molar-refractivity contribution in [1.29, 1.82) is 0 Å². The van der Waals surface area contributed by atoms with E-state index in [4.69, 9.17) is 21.2 Å².